The Labute approximate surface area is 212 Å². The summed E-state index contributed by atoms with van der Waals surface area (Å²) >= 11 is 0. The Morgan fingerprint density at radius 3 is 2.31 bits per heavy atom. The molecule has 1 nitrogen and oxygen atoms in total. The second-order valence-corrected chi connectivity index (χ2v) is 9.45. The lowest BCUT2D eigenvalue weighted by Gasteiger charge is -2.22. The van der Waals surface area contributed by atoms with Gasteiger partial charge >= 0.3 is 0 Å². The molecule has 0 heterocycles. The van der Waals surface area contributed by atoms with E-state index < -0.39 is 11.6 Å². The summed E-state index contributed by atoms with van der Waals surface area (Å²) in [7, 11) is 0. The van der Waals surface area contributed by atoms with Crippen molar-refractivity contribution >= 4 is 5.57 Å². The Balaban J connectivity index is 1.48. The molecule has 1 atom stereocenters. The highest BCUT2D eigenvalue weighted by Gasteiger charge is 2.18. The number of unbranched alkanes of at least 4 members (excludes halogenated alkanes) is 1. The molecule has 36 heavy (non-hydrogen) atoms. The Bertz CT molecular complexity index is 1230. The Morgan fingerprint density at radius 2 is 1.64 bits per heavy atom. The summed E-state index contributed by atoms with van der Waals surface area (Å²) in [4.78, 5) is 0. The van der Waals surface area contributed by atoms with Gasteiger partial charge in [-0.05, 0) is 84.9 Å². The van der Waals surface area contributed by atoms with Crippen molar-refractivity contribution in [1.29, 1.82) is 0 Å². The van der Waals surface area contributed by atoms with Crippen LogP contribution in [0.5, 0.6) is 5.75 Å². The molecule has 0 amide bonds. The first-order valence-electron chi connectivity index (χ1n) is 12.8. The van der Waals surface area contributed by atoms with Crippen LogP contribution in [-0.4, -0.2) is 6.61 Å². The minimum Gasteiger partial charge on any atom is -0.490 e. The van der Waals surface area contributed by atoms with Gasteiger partial charge in [-0.25, -0.2) is 8.78 Å². The fraction of sp³-hybridized carbons (Fsp3) is 0.312. The highest BCUT2D eigenvalue weighted by Crippen LogP contribution is 2.36. The zero-order chi connectivity index (χ0) is 25.5. The number of hydrogen-bond acceptors (Lipinski definition) is 1. The molecule has 0 saturated carbocycles. The number of allylic oxidation sites excluding steroid dienone is 3. The Hall–Kier alpha value is -3.27. The van der Waals surface area contributed by atoms with Gasteiger partial charge in [0.25, 0.3) is 0 Å². The van der Waals surface area contributed by atoms with Crippen molar-refractivity contribution in [2.24, 2.45) is 5.92 Å². The van der Waals surface area contributed by atoms with E-state index in [1.807, 2.05) is 25.1 Å². The van der Waals surface area contributed by atoms with Crippen LogP contribution >= 0.6 is 0 Å². The molecule has 0 spiro atoms. The number of ether oxygens (including phenoxy) is 1. The van der Waals surface area contributed by atoms with Crippen molar-refractivity contribution in [3.63, 3.8) is 0 Å². The van der Waals surface area contributed by atoms with Gasteiger partial charge in [-0.1, -0.05) is 61.9 Å². The Morgan fingerprint density at radius 1 is 0.917 bits per heavy atom. The van der Waals surface area contributed by atoms with E-state index in [0.29, 0.717) is 23.7 Å². The van der Waals surface area contributed by atoms with Crippen molar-refractivity contribution in [2.45, 2.75) is 51.9 Å². The monoisotopic (exact) mass is 490 g/mol. The molecule has 1 aliphatic carbocycles. The number of rotatable bonds is 10. The average Bonchev–Trinajstić information content (AvgIpc) is 2.90. The largest absolute Gasteiger partial charge is 0.490 e. The van der Waals surface area contributed by atoms with E-state index in [2.05, 4.69) is 12.7 Å². The lowest BCUT2D eigenvalue weighted by molar-refractivity contribution is 0.289. The van der Waals surface area contributed by atoms with Crippen molar-refractivity contribution in [3.8, 4) is 28.0 Å². The van der Waals surface area contributed by atoms with Crippen LogP contribution < -0.4 is 4.74 Å². The molecule has 0 aromatic heterocycles. The van der Waals surface area contributed by atoms with Gasteiger partial charge in [-0.3, -0.25) is 0 Å². The molecule has 1 unspecified atom stereocenters. The summed E-state index contributed by atoms with van der Waals surface area (Å²) in [6.45, 7) is 6.15. The molecule has 3 aromatic rings. The fourth-order valence-electron chi connectivity index (χ4n) is 4.74. The standard InChI is InChI=1S/C32H33F3O/c1-3-5-7-22-8-10-24(11-9-22)27-17-16-26(21-29(27)33)23-12-14-25(15-13-23)28-18-19-30(32(35)31(28)34)36-20-6-4-2/h3,10,12-19,21-22H,1,4-9,11,20H2,2H3. The smallest absolute Gasteiger partial charge is 0.201 e. The number of hydrogen-bond donors (Lipinski definition) is 0. The molecule has 4 rings (SSSR count). The van der Waals surface area contributed by atoms with Crippen molar-refractivity contribution in [1.82, 2.24) is 0 Å². The fourth-order valence-corrected chi connectivity index (χ4v) is 4.74. The third kappa shape index (κ3) is 5.92. The minimum absolute atomic E-state index is 0.0720. The molecule has 0 radical (unpaired) electrons. The van der Waals surface area contributed by atoms with E-state index in [0.717, 1.165) is 61.6 Å². The highest BCUT2D eigenvalue weighted by molar-refractivity contribution is 5.74. The van der Waals surface area contributed by atoms with E-state index in [9.17, 15) is 8.78 Å². The summed E-state index contributed by atoms with van der Waals surface area (Å²) in [5.74, 6) is -1.57. The van der Waals surface area contributed by atoms with Crippen LogP contribution in [0.3, 0.4) is 0 Å². The van der Waals surface area contributed by atoms with Crippen LogP contribution in [0.4, 0.5) is 13.2 Å². The molecule has 0 N–H and O–H groups in total. The van der Waals surface area contributed by atoms with E-state index in [-0.39, 0.29) is 17.1 Å². The minimum atomic E-state index is -0.977. The van der Waals surface area contributed by atoms with E-state index >= 15 is 4.39 Å². The quantitative estimate of drug-likeness (QED) is 0.203. The molecule has 3 aromatic carbocycles. The van der Waals surface area contributed by atoms with Gasteiger partial charge in [0.05, 0.1) is 6.61 Å². The first-order valence-corrected chi connectivity index (χ1v) is 12.8. The molecular weight excluding hydrogens is 457 g/mol. The summed E-state index contributed by atoms with van der Waals surface area (Å²) in [5.41, 5.74) is 4.01. The van der Waals surface area contributed by atoms with Crippen LogP contribution in [0.2, 0.25) is 0 Å². The van der Waals surface area contributed by atoms with Gasteiger partial charge < -0.3 is 4.74 Å². The van der Waals surface area contributed by atoms with Crippen LogP contribution in [-0.2, 0) is 0 Å². The van der Waals surface area contributed by atoms with Gasteiger partial charge in [0, 0.05) is 11.1 Å². The van der Waals surface area contributed by atoms with Crippen LogP contribution in [0.15, 0.2) is 73.3 Å². The zero-order valence-electron chi connectivity index (χ0n) is 20.8. The molecule has 0 fully saturated rings. The lowest BCUT2D eigenvalue weighted by Crippen LogP contribution is -2.06. The zero-order valence-corrected chi connectivity index (χ0v) is 20.8. The third-order valence-electron chi connectivity index (χ3n) is 6.95. The third-order valence-corrected chi connectivity index (χ3v) is 6.95. The predicted octanol–water partition coefficient (Wildman–Crippen LogP) is 9.77. The van der Waals surface area contributed by atoms with Crippen LogP contribution in [0, 0.1) is 23.4 Å². The average molecular weight is 491 g/mol. The first-order chi connectivity index (χ1) is 17.5. The van der Waals surface area contributed by atoms with Gasteiger partial charge in [0.2, 0.25) is 5.82 Å². The lowest BCUT2D eigenvalue weighted by atomic mass is 9.84. The number of halogens is 3. The molecule has 0 aliphatic heterocycles. The van der Waals surface area contributed by atoms with Crippen molar-refractivity contribution in [2.75, 3.05) is 6.61 Å². The summed E-state index contributed by atoms with van der Waals surface area (Å²) < 4.78 is 49.6. The highest BCUT2D eigenvalue weighted by atomic mass is 19.2. The van der Waals surface area contributed by atoms with Crippen molar-refractivity contribution in [3.05, 3.63) is 96.3 Å². The van der Waals surface area contributed by atoms with E-state index in [4.69, 9.17) is 4.74 Å². The topological polar surface area (TPSA) is 9.23 Å². The van der Waals surface area contributed by atoms with Gasteiger partial charge in [0.15, 0.2) is 11.6 Å². The van der Waals surface area contributed by atoms with E-state index in [1.54, 1.807) is 30.3 Å². The number of benzene rings is 3. The van der Waals surface area contributed by atoms with E-state index in [1.165, 1.54) is 12.1 Å². The molecule has 0 saturated heterocycles. The maximum Gasteiger partial charge on any atom is 0.201 e. The maximum absolute atomic E-state index is 15.1. The predicted molar refractivity (Wildman–Crippen MR) is 142 cm³/mol. The SMILES string of the molecule is C=CCCC1CC=C(c2ccc(-c3ccc(-c4ccc(OCCCC)c(F)c4F)cc3)cc2F)CC1. The van der Waals surface area contributed by atoms with Gasteiger partial charge in [-0.2, -0.15) is 4.39 Å². The molecule has 1 aliphatic rings. The first kappa shape index (κ1) is 25.8. The van der Waals surface area contributed by atoms with Gasteiger partial charge in [0.1, 0.15) is 5.82 Å². The van der Waals surface area contributed by atoms with Gasteiger partial charge in [-0.15, -0.1) is 6.58 Å². The molecule has 4 heteroatoms. The normalized spacial score (nSPS) is 15.4. The Kier molecular flexibility index (Phi) is 8.69. The maximum atomic E-state index is 15.1. The summed E-state index contributed by atoms with van der Waals surface area (Å²) in [6, 6.07) is 15.4. The molecular formula is C32H33F3O. The van der Waals surface area contributed by atoms with Crippen LogP contribution in [0.1, 0.15) is 57.4 Å². The molecule has 0 bridgehead atoms. The van der Waals surface area contributed by atoms with Crippen molar-refractivity contribution < 1.29 is 17.9 Å². The summed E-state index contributed by atoms with van der Waals surface area (Å²) in [5, 5.41) is 0. The summed E-state index contributed by atoms with van der Waals surface area (Å²) in [6.07, 6.45) is 10.9. The second kappa shape index (κ2) is 12.1. The molecule has 188 valence electrons. The second-order valence-electron chi connectivity index (χ2n) is 9.45. The van der Waals surface area contributed by atoms with Crippen LogP contribution in [0.25, 0.3) is 27.8 Å².